The molecule has 0 aliphatic heterocycles. The standard InChI is InChI=1S/C17H19N3O2/c1-17(2,3)20-16(22)14-11-12(9-10-18-14)15(21)19-13-7-5-4-6-8-13/h4-11H,1-3H3,(H,19,21)(H,20,22). The SMILES string of the molecule is CC(C)(C)NC(=O)c1cc(C(=O)Nc2ccccc2)ccn1. The van der Waals surface area contributed by atoms with Crippen LogP contribution in [0.3, 0.4) is 0 Å². The summed E-state index contributed by atoms with van der Waals surface area (Å²) in [6.07, 6.45) is 1.46. The fraction of sp³-hybridized carbons (Fsp3) is 0.235. The molecule has 0 saturated carbocycles. The predicted molar refractivity (Wildman–Crippen MR) is 85.9 cm³/mol. The number of carbonyl (C=O) groups excluding carboxylic acids is 2. The average Bonchev–Trinajstić information content (AvgIpc) is 2.46. The van der Waals surface area contributed by atoms with Gasteiger partial charge in [-0.2, -0.15) is 0 Å². The highest BCUT2D eigenvalue weighted by molar-refractivity contribution is 6.05. The van der Waals surface area contributed by atoms with Crippen LogP contribution >= 0.6 is 0 Å². The highest BCUT2D eigenvalue weighted by Crippen LogP contribution is 2.10. The number of hydrogen-bond donors (Lipinski definition) is 2. The van der Waals surface area contributed by atoms with E-state index in [9.17, 15) is 9.59 Å². The maximum absolute atomic E-state index is 12.2. The van der Waals surface area contributed by atoms with Gasteiger partial charge in [0, 0.05) is 23.0 Å². The Bertz CT molecular complexity index is 676. The van der Waals surface area contributed by atoms with Gasteiger partial charge in [-0.1, -0.05) is 18.2 Å². The van der Waals surface area contributed by atoms with Gasteiger partial charge >= 0.3 is 0 Å². The van der Waals surface area contributed by atoms with E-state index < -0.39 is 0 Å². The fourth-order valence-electron chi connectivity index (χ4n) is 1.83. The zero-order chi connectivity index (χ0) is 16.2. The summed E-state index contributed by atoms with van der Waals surface area (Å²) in [5.74, 6) is -0.583. The summed E-state index contributed by atoms with van der Waals surface area (Å²) in [4.78, 5) is 28.3. The molecule has 0 fully saturated rings. The van der Waals surface area contributed by atoms with E-state index >= 15 is 0 Å². The van der Waals surface area contributed by atoms with Gasteiger partial charge in [-0.15, -0.1) is 0 Å². The number of rotatable bonds is 3. The molecule has 0 unspecified atom stereocenters. The number of benzene rings is 1. The van der Waals surface area contributed by atoms with Gasteiger partial charge in [-0.05, 0) is 45.0 Å². The number of pyridine rings is 1. The van der Waals surface area contributed by atoms with Crippen molar-refractivity contribution in [2.45, 2.75) is 26.3 Å². The zero-order valence-corrected chi connectivity index (χ0v) is 12.9. The van der Waals surface area contributed by atoms with Crippen LogP contribution in [-0.4, -0.2) is 22.3 Å². The van der Waals surface area contributed by atoms with Crippen LogP contribution in [0.25, 0.3) is 0 Å². The van der Waals surface area contributed by atoms with E-state index in [4.69, 9.17) is 0 Å². The summed E-state index contributed by atoms with van der Waals surface area (Å²) in [5.41, 5.74) is 0.944. The van der Waals surface area contributed by atoms with E-state index in [1.54, 1.807) is 18.2 Å². The molecule has 1 heterocycles. The van der Waals surface area contributed by atoms with Crippen molar-refractivity contribution in [3.63, 3.8) is 0 Å². The van der Waals surface area contributed by atoms with Crippen LogP contribution in [0.4, 0.5) is 5.69 Å². The highest BCUT2D eigenvalue weighted by atomic mass is 16.2. The Hall–Kier alpha value is -2.69. The normalized spacial score (nSPS) is 10.9. The van der Waals surface area contributed by atoms with Gasteiger partial charge in [-0.25, -0.2) is 0 Å². The minimum Gasteiger partial charge on any atom is -0.346 e. The summed E-state index contributed by atoms with van der Waals surface area (Å²) in [5, 5.41) is 5.59. The van der Waals surface area contributed by atoms with Crippen molar-refractivity contribution >= 4 is 17.5 Å². The second-order valence-corrected chi connectivity index (χ2v) is 5.95. The Labute approximate surface area is 129 Å². The van der Waals surface area contributed by atoms with Crippen molar-refractivity contribution in [2.24, 2.45) is 0 Å². The molecule has 0 aliphatic rings. The topological polar surface area (TPSA) is 71.1 Å². The Morgan fingerprint density at radius 1 is 1.00 bits per heavy atom. The fourth-order valence-corrected chi connectivity index (χ4v) is 1.83. The number of carbonyl (C=O) groups is 2. The summed E-state index contributed by atoms with van der Waals surface area (Å²) < 4.78 is 0. The lowest BCUT2D eigenvalue weighted by Crippen LogP contribution is -2.41. The third-order valence-corrected chi connectivity index (χ3v) is 2.77. The van der Waals surface area contributed by atoms with Crippen LogP contribution in [0.2, 0.25) is 0 Å². The summed E-state index contributed by atoms with van der Waals surface area (Å²) >= 11 is 0. The van der Waals surface area contributed by atoms with E-state index in [1.807, 2.05) is 39.0 Å². The predicted octanol–water partition coefficient (Wildman–Crippen LogP) is 2.86. The van der Waals surface area contributed by atoms with Crippen LogP contribution < -0.4 is 10.6 Å². The van der Waals surface area contributed by atoms with Crippen LogP contribution in [0, 0.1) is 0 Å². The Morgan fingerprint density at radius 2 is 1.68 bits per heavy atom. The van der Waals surface area contributed by atoms with E-state index in [2.05, 4.69) is 15.6 Å². The number of hydrogen-bond acceptors (Lipinski definition) is 3. The molecule has 2 rings (SSSR count). The van der Waals surface area contributed by atoms with Crippen LogP contribution in [0.1, 0.15) is 41.6 Å². The van der Waals surface area contributed by atoms with Gasteiger partial charge in [-0.3, -0.25) is 14.6 Å². The molecular formula is C17H19N3O2. The van der Waals surface area contributed by atoms with Crippen LogP contribution in [-0.2, 0) is 0 Å². The van der Waals surface area contributed by atoms with Gasteiger partial charge in [0.25, 0.3) is 11.8 Å². The van der Waals surface area contributed by atoms with Crippen molar-refractivity contribution in [2.75, 3.05) is 5.32 Å². The van der Waals surface area contributed by atoms with Gasteiger partial charge in [0.2, 0.25) is 0 Å². The van der Waals surface area contributed by atoms with Crippen LogP contribution in [0.5, 0.6) is 0 Å². The lowest BCUT2D eigenvalue weighted by Gasteiger charge is -2.20. The minimum atomic E-state index is -0.360. The molecule has 22 heavy (non-hydrogen) atoms. The Kier molecular flexibility index (Phi) is 4.56. The largest absolute Gasteiger partial charge is 0.346 e. The van der Waals surface area contributed by atoms with E-state index in [0.29, 0.717) is 11.3 Å². The second-order valence-electron chi connectivity index (χ2n) is 5.95. The first-order valence-corrected chi connectivity index (χ1v) is 7.00. The second kappa shape index (κ2) is 6.39. The van der Waals surface area contributed by atoms with E-state index in [1.165, 1.54) is 12.3 Å². The zero-order valence-electron chi connectivity index (χ0n) is 12.9. The molecule has 0 atom stereocenters. The third-order valence-electron chi connectivity index (χ3n) is 2.77. The molecule has 0 saturated heterocycles. The van der Waals surface area contributed by atoms with Crippen molar-refractivity contribution in [3.05, 3.63) is 59.9 Å². The quantitative estimate of drug-likeness (QED) is 0.915. The minimum absolute atomic E-state index is 0.218. The molecule has 1 aromatic heterocycles. The first-order chi connectivity index (χ1) is 10.3. The number of anilines is 1. The Morgan fingerprint density at radius 3 is 2.32 bits per heavy atom. The molecule has 114 valence electrons. The van der Waals surface area contributed by atoms with Crippen molar-refractivity contribution in [1.82, 2.24) is 10.3 Å². The van der Waals surface area contributed by atoms with Gasteiger partial charge in [0.1, 0.15) is 5.69 Å². The molecular weight excluding hydrogens is 278 g/mol. The average molecular weight is 297 g/mol. The molecule has 5 nitrogen and oxygen atoms in total. The van der Waals surface area contributed by atoms with Gasteiger partial charge < -0.3 is 10.6 Å². The molecule has 2 aromatic rings. The molecule has 2 N–H and O–H groups in total. The number of para-hydroxylation sites is 1. The number of aromatic nitrogens is 1. The number of nitrogens with zero attached hydrogens (tertiary/aromatic N) is 1. The number of amides is 2. The van der Waals surface area contributed by atoms with Gasteiger partial charge in [0.05, 0.1) is 0 Å². The highest BCUT2D eigenvalue weighted by Gasteiger charge is 2.17. The first kappa shape index (κ1) is 15.7. The molecule has 2 amide bonds. The van der Waals surface area contributed by atoms with Crippen molar-refractivity contribution < 1.29 is 9.59 Å². The van der Waals surface area contributed by atoms with Crippen molar-refractivity contribution in [3.8, 4) is 0 Å². The van der Waals surface area contributed by atoms with Crippen molar-refractivity contribution in [1.29, 1.82) is 0 Å². The smallest absolute Gasteiger partial charge is 0.270 e. The Balaban J connectivity index is 2.14. The molecule has 0 radical (unpaired) electrons. The molecule has 0 spiro atoms. The van der Waals surface area contributed by atoms with Gasteiger partial charge in [0.15, 0.2) is 0 Å². The summed E-state index contributed by atoms with van der Waals surface area (Å²) in [7, 11) is 0. The first-order valence-electron chi connectivity index (χ1n) is 7.00. The van der Waals surface area contributed by atoms with Crippen LogP contribution in [0.15, 0.2) is 48.7 Å². The monoisotopic (exact) mass is 297 g/mol. The molecule has 5 heteroatoms. The summed E-state index contributed by atoms with van der Waals surface area (Å²) in [6, 6.07) is 12.2. The number of nitrogens with one attached hydrogen (secondary N) is 2. The molecule has 1 aromatic carbocycles. The maximum Gasteiger partial charge on any atom is 0.270 e. The van der Waals surface area contributed by atoms with E-state index in [0.717, 1.165) is 0 Å². The molecule has 0 bridgehead atoms. The lowest BCUT2D eigenvalue weighted by molar-refractivity contribution is 0.0914. The lowest BCUT2D eigenvalue weighted by atomic mass is 10.1. The molecule has 0 aliphatic carbocycles. The summed E-state index contributed by atoms with van der Waals surface area (Å²) in [6.45, 7) is 5.66. The third kappa shape index (κ3) is 4.41. The maximum atomic E-state index is 12.2. The van der Waals surface area contributed by atoms with E-state index in [-0.39, 0.29) is 23.0 Å².